The summed E-state index contributed by atoms with van der Waals surface area (Å²) >= 11 is 6.41. The van der Waals surface area contributed by atoms with E-state index in [9.17, 15) is 5.11 Å². The molecule has 0 fully saturated rings. The van der Waals surface area contributed by atoms with Crippen LogP contribution in [0.25, 0.3) is 0 Å². The van der Waals surface area contributed by atoms with Gasteiger partial charge in [0.1, 0.15) is 5.84 Å². The molecule has 29 heavy (non-hydrogen) atoms. The third-order valence-corrected chi connectivity index (χ3v) is 5.72. The van der Waals surface area contributed by atoms with Gasteiger partial charge in [-0.15, -0.1) is 0 Å². The van der Waals surface area contributed by atoms with Gasteiger partial charge in [0.25, 0.3) is 0 Å². The molecule has 160 valence electrons. The lowest BCUT2D eigenvalue weighted by Crippen LogP contribution is -2.43. The second-order valence-electron chi connectivity index (χ2n) is 7.26. The average molecular weight is 419 g/mol. The van der Waals surface area contributed by atoms with Crippen LogP contribution in [0.3, 0.4) is 0 Å². The minimum Gasteiger partial charge on any atom is -0.396 e. The maximum absolute atomic E-state index is 9.22. The molecule has 6 heteroatoms. The first-order chi connectivity index (χ1) is 14.0. The monoisotopic (exact) mass is 418 g/mol. The number of nitrogens with one attached hydrogen (secondary N) is 2. The Morgan fingerprint density at radius 3 is 2.79 bits per heavy atom. The molecule has 0 aliphatic carbocycles. The van der Waals surface area contributed by atoms with Crippen molar-refractivity contribution in [2.75, 3.05) is 31.1 Å². The molecule has 1 unspecified atom stereocenters. The van der Waals surface area contributed by atoms with E-state index in [2.05, 4.69) is 34.7 Å². The van der Waals surface area contributed by atoms with Crippen molar-refractivity contribution in [3.05, 3.63) is 52.8 Å². The first-order valence-corrected chi connectivity index (χ1v) is 11.0. The predicted octanol–water partition coefficient (Wildman–Crippen LogP) is 4.56. The van der Waals surface area contributed by atoms with Crippen molar-refractivity contribution in [1.82, 2.24) is 10.2 Å². The highest BCUT2D eigenvalue weighted by atomic mass is 35.5. The van der Waals surface area contributed by atoms with Crippen molar-refractivity contribution in [1.29, 1.82) is 5.41 Å². The zero-order valence-electron chi connectivity index (χ0n) is 18.0. The van der Waals surface area contributed by atoms with Crippen molar-refractivity contribution in [3.63, 3.8) is 0 Å². The number of hydrogen-bond donors (Lipinski definition) is 3. The van der Waals surface area contributed by atoms with Crippen LogP contribution in [0.5, 0.6) is 0 Å². The van der Waals surface area contributed by atoms with E-state index in [-0.39, 0.29) is 12.6 Å². The molecule has 0 amide bonds. The Labute approximate surface area is 180 Å². The van der Waals surface area contributed by atoms with Gasteiger partial charge < -0.3 is 20.2 Å². The second kappa shape index (κ2) is 11.3. The van der Waals surface area contributed by atoms with Gasteiger partial charge in [-0.2, -0.15) is 0 Å². The summed E-state index contributed by atoms with van der Waals surface area (Å²) in [6, 6.07) is 6.12. The van der Waals surface area contributed by atoms with E-state index in [0.717, 1.165) is 59.9 Å². The van der Waals surface area contributed by atoms with E-state index in [4.69, 9.17) is 17.0 Å². The smallest absolute Gasteiger partial charge is 0.131 e. The molecule has 2 aliphatic heterocycles. The first-order valence-electron chi connectivity index (χ1n) is 10.6. The fourth-order valence-corrected chi connectivity index (χ4v) is 4.12. The topological polar surface area (TPSA) is 62.6 Å². The maximum atomic E-state index is 9.22. The number of halogens is 1. The van der Waals surface area contributed by atoms with Crippen LogP contribution in [0.15, 0.2) is 42.2 Å². The third-order valence-electron chi connectivity index (χ3n) is 5.36. The van der Waals surface area contributed by atoms with Crippen molar-refractivity contribution < 1.29 is 5.11 Å². The van der Waals surface area contributed by atoms with Gasteiger partial charge in [0.05, 0.1) is 0 Å². The van der Waals surface area contributed by atoms with Gasteiger partial charge in [-0.25, -0.2) is 0 Å². The number of anilines is 1. The quantitative estimate of drug-likeness (QED) is 0.468. The van der Waals surface area contributed by atoms with E-state index in [1.165, 1.54) is 0 Å². The van der Waals surface area contributed by atoms with Crippen molar-refractivity contribution in [3.8, 4) is 0 Å². The van der Waals surface area contributed by atoms with Crippen molar-refractivity contribution in [2.24, 2.45) is 0 Å². The second-order valence-corrected chi connectivity index (χ2v) is 7.67. The number of benzene rings is 1. The molecule has 1 aromatic carbocycles. The molecule has 2 aliphatic rings. The van der Waals surface area contributed by atoms with Crippen LogP contribution in [0, 0.1) is 5.41 Å². The zero-order valence-corrected chi connectivity index (χ0v) is 18.7. The van der Waals surface area contributed by atoms with E-state index in [1.807, 2.05) is 32.2 Å². The number of amidine groups is 1. The van der Waals surface area contributed by atoms with Gasteiger partial charge in [-0.3, -0.25) is 5.41 Å². The normalized spacial score (nSPS) is 17.1. The van der Waals surface area contributed by atoms with Gasteiger partial charge in [-0.05, 0) is 50.1 Å². The maximum Gasteiger partial charge on any atom is 0.131 e. The Balaban J connectivity index is 0.00000145. The van der Waals surface area contributed by atoms with Gasteiger partial charge in [0.15, 0.2) is 0 Å². The summed E-state index contributed by atoms with van der Waals surface area (Å²) in [5.41, 5.74) is 4.28. The molecule has 0 saturated heterocycles. The van der Waals surface area contributed by atoms with Gasteiger partial charge in [0, 0.05) is 60.7 Å². The summed E-state index contributed by atoms with van der Waals surface area (Å²) in [6.45, 7) is 12.5. The highest BCUT2D eigenvalue weighted by molar-refractivity contribution is 6.32. The van der Waals surface area contributed by atoms with Crippen LogP contribution in [-0.2, 0) is 6.42 Å². The predicted molar refractivity (Wildman–Crippen MR) is 124 cm³/mol. The Hall–Kier alpha value is -1.98. The van der Waals surface area contributed by atoms with Gasteiger partial charge in [0.2, 0.25) is 0 Å². The van der Waals surface area contributed by atoms with E-state index in [0.29, 0.717) is 18.8 Å². The van der Waals surface area contributed by atoms with Gasteiger partial charge >= 0.3 is 0 Å². The highest BCUT2D eigenvalue weighted by Crippen LogP contribution is 2.34. The molecule has 5 nitrogen and oxygen atoms in total. The standard InChI is InChI=1S/C21H29ClN4O.C2H6/c1-3-25-12-9-19(24-15(2)10-13-27)17(14-25)21(23)26-11-5-6-16-18(22)7-4-8-20(16)26;1-2/h3-4,7-8,15,23-24,27H,1,5-6,9-14H2,2H3;1-2H3. The molecule has 0 aromatic heterocycles. The summed E-state index contributed by atoms with van der Waals surface area (Å²) in [5, 5.41) is 22.5. The lowest BCUT2D eigenvalue weighted by molar-refractivity contribution is 0.270. The van der Waals surface area contributed by atoms with Gasteiger partial charge in [-0.1, -0.05) is 38.1 Å². The number of rotatable bonds is 6. The van der Waals surface area contributed by atoms with Crippen LogP contribution < -0.4 is 10.2 Å². The molecule has 0 spiro atoms. The number of nitrogens with zero attached hydrogens (tertiary/aromatic N) is 2. The Morgan fingerprint density at radius 1 is 1.34 bits per heavy atom. The largest absolute Gasteiger partial charge is 0.396 e. The minimum atomic E-state index is 0.158. The van der Waals surface area contributed by atoms with Crippen LogP contribution >= 0.6 is 11.6 Å². The van der Waals surface area contributed by atoms with Crippen LogP contribution in [0.4, 0.5) is 5.69 Å². The zero-order chi connectivity index (χ0) is 21.4. The summed E-state index contributed by atoms with van der Waals surface area (Å²) < 4.78 is 0. The minimum absolute atomic E-state index is 0.158. The van der Waals surface area contributed by atoms with Crippen molar-refractivity contribution >= 4 is 23.1 Å². The number of fused-ring (bicyclic) bond motifs is 1. The van der Waals surface area contributed by atoms with Crippen molar-refractivity contribution in [2.45, 2.75) is 52.5 Å². The molecule has 0 radical (unpaired) electrons. The molecular weight excluding hydrogens is 384 g/mol. The Kier molecular flexibility index (Phi) is 9.05. The Morgan fingerprint density at radius 2 is 2.10 bits per heavy atom. The fraction of sp³-hybridized carbons (Fsp3) is 0.522. The van der Waals surface area contributed by atoms with E-state index in [1.54, 1.807) is 0 Å². The highest BCUT2D eigenvalue weighted by Gasteiger charge is 2.28. The SMILES string of the molecule is C=CN1CCC(NC(C)CCO)=C(C(=N)N2CCCc3c(Cl)cccc32)C1.CC. The lowest BCUT2D eigenvalue weighted by Gasteiger charge is -2.37. The summed E-state index contributed by atoms with van der Waals surface area (Å²) in [7, 11) is 0. The molecular formula is C23H35ClN4O. The summed E-state index contributed by atoms with van der Waals surface area (Å²) in [6.07, 6.45) is 5.33. The molecule has 1 atom stereocenters. The third kappa shape index (κ3) is 5.55. The molecule has 3 N–H and O–H groups in total. The van der Waals surface area contributed by atoms with Crippen LogP contribution in [0.1, 0.15) is 45.6 Å². The van der Waals surface area contributed by atoms with Crippen LogP contribution in [0.2, 0.25) is 5.02 Å². The fourth-order valence-electron chi connectivity index (χ4n) is 3.86. The van der Waals surface area contributed by atoms with E-state index >= 15 is 0 Å². The number of aliphatic hydroxyl groups excluding tert-OH is 1. The molecule has 0 saturated carbocycles. The Bertz CT molecular complexity index is 746. The molecule has 2 heterocycles. The first kappa shape index (κ1) is 23.3. The lowest BCUT2D eigenvalue weighted by atomic mass is 9.98. The van der Waals surface area contributed by atoms with Crippen LogP contribution in [-0.4, -0.2) is 48.1 Å². The molecule has 0 bridgehead atoms. The molecule has 3 rings (SSSR count). The summed E-state index contributed by atoms with van der Waals surface area (Å²) in [5.74, 6) is 0.531. The number of aliphatic hydroxyl groups is 1. The van der Waals surface area contributed by atoms with E-state index < -0.39 is 0 Å². The summed E-state index contributed by atoms with van der Waals surface area (Å²) in [4.78, 5) is 4.24. The molecule has 1 aromatic rings. The number of hydrogen-bond acceptors (Lipinski definition) is 4. The average Bonchev–Trinajstić information content (AvgIpc) is 2.75.